The van der Waals surface area contributed by atoms with Gasteiger partial charge >= 0.3 is 5.97 Å². The second-order valence-corrected chi connectivity index (χ2v) is 7.33. The zero-order valence-electron chi connectivity index (χ0n) is 15.4. The van der Waals surface area contributed by atoms with Gasteiger partial charge in [0.05, 0.1) is 12.5 Å². The number of esters is 1. The first kappa shape index (κ1) is 20.0. The summed E-state index contributed by atoms with van der Waals surface area (Å²) < 4.78 is 32.1. The van der Waals surface area contributed by atoms with E-state index >= 15 is 0 Å². The lowest BCUT2D eigenvalue weighted by atomic mass is 9.65. The van der Waals surface area contributed by atoms with Gasteiger partial charge in [-0.05, 0) is 47.7 Å². The summed E-state index contributed by atoms with van der Waals surface area (Å²) >= 11 is 0. The number of carbonyl (C=O) groups excluding carboxylic acids is 1. The van der Waals surface area contributed by atoms with Gasteiger partial charge in [0.15, 0.2) is 0 Å². The molecule has 2 rings (SSSR count). The molecule has 2 aromatic carbocycles. The van der Waals surface area contributed by atoms with Gasteiger partial charge in [0.2, 0.25) is 0 Å². The molecule has 0 spiro atoms. The smallest absolute Gasteiger partial charge is 0.313 e. The van der Waals surface area contributed by atoms with Crippen molar-refractivity contribution in [3.05, 3.63) is 71.3 Å². The van der Waals surface area contributed by atoms with E-state index in [0.717, 1.165) is 0 Å². The number of benzene rings is 2. The van der Waals surface area contributed by atoms with Gasteiger partial charge in [-0.3, -0.25) is 4.79 Å². The monoisotopic (exact) mass is 362 g/mol. The lowest BCUT2D eigenvalue weighted by molar-refractivity contribution is -0.164. The molecule has 0 saturated heterocycles. The number of hydrogen-bond acceptors (Lipinski definition) is 3. The van der Waals surface area contributed by atoms with E-state index in [4.69, 9.17) is 4.74 Å². The second-order valence-electron chi connectivity index (χ2n) is 7.33. The van der Waals surface area contributed by atoms with E-state index < -0.39 is 34.5 Å². The molecule has 0 amide bonds. The summed E-state index contributed by atoms with van der Waals surface area (Å²) in [4.78, 5) is 12.8. The first-order chi connectivity index (χ1) is 12.1. The van der Waals surface area contributed by atoms with Gasteiger partial charge in [-0.25, -0.2) is 8.78 Å². The lowest BCUT2D eigenvalue weighted by Crippen LogP contribution is -2.48. The van der Waals surface area contributed by atoms with Crippen LogP contribution < -0.4 is 0 Å². The minimum absolute atomic E-state index is 0.161. The maximum atomic E-state index is 13.4. The molecule has 2 aromatic rings. The summed E-state index contributed by atoms with van der Waals surface area (Å²) in [7, 11) is 0. The molecule has 0 saturated carbocycles. The molecule has 0 aliphatic carbocycles. The van der Waals surface area contributed by atoms with E-state index in [1.54, 1.807) is 6.92 Å². The van der Waals surface area contributed by atoms with Crippen LogP contribution in [0.5, 0.6) is 0 Å². The molecular weight excluding hydrogens is 338 g/mol. The Morgan fingerprint density at radius 1 is 0.962 bits per heavy atom. The molecule has 1 N–H and O–H groups in total. The fourth-order valence-corrected chi connectivity index (χ4v) is 3.28. The van der Waals surface area contributed by atoms with Crippen LogP contribution in [0.2, 0.25) is 0 Å². The standard InChI is InChI=1S/C21H24F2O3/c1-5-26-19(24)18(20(2,3)4)21(25,14-6-10-16(22)11-7-14)15-8-12-17(23)13-9-15/h6-13,18,25H,5H2,1-4H3. The first-order valence-electron chi connectivity index (χ1n) is 8.51. The average molecular weight is 362 g/mol. The molecule has 3 nitrogen and oxygen atoms in total. The van der Waals surface area contributed by atoms with E-state index in [0.29, 0.717) is 11.1 Å². The molecule has 0 aromatic heterocycles. The number of ether oxygens (including phenoxy) is 1. The van der Waals surface area contributed by atoms with Crippen molar-refractivity contribution in [3.8, 4) is 0 Å². The van der Waals surface area contributed by atoms with Crippen LogP contribution >= 0.6 is 0 Å². The summed E-state index contributed by atoms with van der Waals surface area (Å²) in [5.74, 6) is -2.49. The van der Waals surface area contributed by atoms with Crippen molar-refractivity contribution in [1.29, 1.82) is 0 Å². The van der Waals surface area contributed by atoms with Gasteiger partial charge in [-0.2, -0.15) is 0 Å². The highest BCUT2D eigenvalue weighted by molar-refractivity contribution is 5.76. The molecule has 1 atom stereocenters. The average Bonchev–Trinajstić information content (AvgIpc) is 2.54. The van der Waals surface area contributed by atoms with E-state index in [1.165, 1.54) is 48.5 Å². The SMILES string of the molecule is CCOC(=O)C(C(C)(C)C)C(O)(c1ccc(F)cc1)c1ccc(F)cc1. The predicted molar refractivity (Wildman–Crippen MR) is 95.4 cm³/mol. The second kappa shape index (κ2) is 7.54. The molecule has 0 bridgehead atoms. The van der Waals surface area contributed by atoms with Crippen LogP contribution in [0, 0.1) is 23.0 Å². The number of rotatable bonds is 5. The molecule has 0 fully saturated rings. The highest BCUT2D eigenvalue weighted by atomic mass is 19.1. The van der Waals surface area contributed by atoms with Crippen LogP contribution in [-0.4, -0.2) is 17.7 Å². The Morgan fingerprint density at radius 2 is 1.35 bits per heavy atom. The summed E-state index contributed by atoms with van der Waals surface area (Å²) in [6.07, 6.45) is 0. The van der Waals surface area contributed by atoms with E-state index in [9.17, 15) is 18.7 Å². The van der Waals surface area contributed by atoms with E-state index in [2.05, 4.69) is 0 Å². The van der Waals surface area contributed by atoms with Crippen LogP contribution in [0.15, 0.2) is 48.5 Å². The summed E-state index contributed by atoms with van der Waals surface area (Å²) in [6, 6.07) is 10.6. The Hall–Kier alpha value is -2.27. The Labute approximate surface area is 152 Å². The van der Waals surface area contributed by atoms with E-state index in [1.807, 2.05) is 20.8 Å². The number of aliphatic hydroxyl groups is 1. The maximum absolute atomic E-state index is 13.4. The molecule has 26 heavy (non-hydrogen) atoms. The predicted octanol–water partition coefficient (Wildman–Crippen LogP) is 4.43. The van der Waals surface area contributed by atoms with Crippen molar-refractivity contribution in [3.63, 3.8) is 0 Å². The zero-order chi connectivity index (χ0) is 19.5. The maximum Gasteiger partial charge on any atom is 0.313 e. The zero-order valence-corrected chi connectivity index (χ0v) is 15.4. The van der Waals surface area contributed by atoms with Gasteiger partial charge in [-0.15, -0.1) is 0 Å². The third-order valence-corrected chi connectivity index (χ3v) is 4.37. The summed E-state index contributed by atoms with van der Waals surface area (Å²) in [5.41, 5.74) is -1.84. The minimum Gasteiger partial charge on any atom is -0.466 e. The van der Waals surface area contributed by atoms with Gasteiger partial charge in [0.1, 0.15) is 17.2 Å². The fraction of sp³-hybridized carbons (Fsp3) is 0.381. The van der Waals surface area contributed by atoms with Crippen LogP contribution in [0.3, 0.4) is 0 Å². The molecule has 1 unspecified atom stereocenters. The quantitative estimate of drug-likeness (QED) is 0.801. The number of hydrogen-bond donors (Lipinski definition) is 1. The topological polar surface area (TPSA) is 46.5 Å². The molecule has 0 heterocycles. The van der Waals surface area contributed by atoms with E-state index in [-0.39, 0.29) is 6.61 Å². The minimum atomic E-state index is -1.81. The number of halogens is 2. The third kappa shape index (κ3) is 3.93. The molecule has 0 radical (unpaired) electrons. The van der Waals surface area contributed by atoms with Gasteiger partial charge in [-0.1, -0.05) is 45.0 Å². The normalized spacial score (nSPS) is 13.3. The summed E-state index contributed by atoms with van der Waals surface area (Å²) in [6.45, 7) is 7.28. The molecular formula is C21H24F2O3. The molecule has 0 aliphatic heterocycles. The van der Waals surface area contributed by atoms with Crippen LogP contribution in [0.1, 0.15) is 38.8 Å². The molecule has 5 heteroatoms. The first-order valence-corrected chi connectivity index (χ1v) is 8.51. The number of carbonyl (C=O) groups is 1. The Balaban J connectivity index is 2.74. The molecule has 0 aliphatic rings. The van der Waals surface area contributed by atoms with Crippen LogP contribution in [0.4, 0.5) is 8.78 Å². The van der Waals surface area contributed by atoms with Crippen molar-refractivity contribution < 1.29 is 23.4 Å². The third-order valence-electron chi connectivity index (χ3n) is 4.37. The van der Waals surface area contributed by atoms with Crippen molar-refractivity contribution in [2.24, 2.45) is 11.3 Å². The Kier molecular flexibility index (Phi) is 5.81. The largest absolute Gasteiger partial charge is 0.466 e. The van der Waals surface area contributed by atoms with Crippen molar-refractivity contribution in [1.82, 2.24) is 0 Å². The highest BCUT2D eigenvalue weighted by Gasteiger charge is 2.51. The van der Waals surface area contributed by atoms with Crippen LogP contribution in [-0.2, 0) is 15.1 Å². The molecule has 140 valence electrons. The summed E-state index contributed by atoms with van der Waals surface area (Å²) in [5, 5.41) is 11.8. The van der Waals surface area contributed by atoms with Crippen LogP contribution in [0.25, 0.3) is 0 Å². The lowest BCUT2D eigenvalue weighted by Gasteiger charge is -2.42. The van der Waals surface area contributed by atoms with Gasteiger partial charge in [0, 0.05) is 0 Å². The highest BCUT2D eigenvalue weighted by Crippen LogP contribution is 2.46. The Bertz CT molecular complexity index is 701. The Morgan fingerprint density at radius 3 is 1.65 bits per heavy atom. The van der Waals surface area contributed by atoms with Crippen molar-refractivity contribution >= 4 is 5.97 Å². The van der Waals surface area contributed by atoms with Gasteiger partial charge < -0.3 is 9.84 Å². The fourth-order valence-electron chi connectivity index (χ4n) is 3.28. The van der Waals surface area contributed by atoms with Crippen molar-refractivity contribution in [2.45, 2.75) is 33.3 Å². The van der Waals surface area contributed by atoms with Crippen molar-refractivity contribution in [2.75, 3.05) is 6.61 Å². The van der Waals surface area contributed by atoms with Gasteiger partial charge in [0.25, 0.3) is 0 Å².